The van der Waals surface area contributed by atoms with Gasteiger partial charge in [0.2, 0.25) is 0 Å². The second-order valence-electron chi connectivity index (χ2n) is 2.32. The van der Waals surface area contributed by atoms with Gasteiger partial charge in [0.25, 0.3) is 0 Å². The fourth-order valence-electron chi connectivity index (χ4n) is 0.781. The molecule has 0 radical (unpaired) electrons. The lowest BCUT2D eigenvalue weighted by Crippen LogP contribution is -2.34. The monoisotopic (exact) mass is 210 g/mol. The molecule has 0 amide bonds. The molecule has 14 heavy (non-hydrogen) atoms. The minimum atomic E-state index is -0.932. The van der Waals surface area contributed by atoms with E-state index in [-0.39, 0.29) is 27.2 Å². The van der Waals surface area contributed by atoms with Crippen molar-refractivity contribution in [3.05, 3.63) is 0 Å². The third kappa shape index (κ3) is 3.12. The van der Waals surface area contributed by atoms with Crippen LogP contribution in [0.1, 0.15) is 0 Å². The lowest BCUT2D eigenvalue weighted by Gasteiger charge is -2.25. The summed E-state index contributed by atoms with van der Waals surface area (Å²) >= 11 is 0. The van der Waals surface area contributed by atoms with Gasteiger partial charge >= 0.3 is 13.0 Å². The van der Waals surface area contributed by atoms with Gasteiger partial charge in [-0.05, 0) is 0 Å². The van der Waals surface area contributed by atoms with E-state index < -0.39 is 13.0 Å². The van der Waals surface area contributed by atoms with Gasteiger partial charge in [-0.3, -0.25) is 0 Å². The Balaban J connectivity index is 1.60. The van der Waals surface area contributed by atoms with Crippen molar-refractivity contribution in [1.29, 1.82) is 0 Å². The predicted molar refractivity (Wildman–Crippen MR) is 35.7 cm³/mol. The van der Waals surface area contributed by atoms with Crippen LogP contribution in [0.15, 0.2) is 0 Å². The summed E-state index contributed by atoms with van der Waals surface area (Å²) < 4.78 is 28.8. The summed E-state index contributed by atoms with van der Waals surface area (Å²) in [5.41, 5.74) is 0. The van der Waals surface area contributed by atoms with Crippen molar-refractivity contribution in [2.75, 3.05) is 27.2 Å². The number of hydrogen-bond acceptors (Lipinski definition) is 8. The standard InChI is InChI=1S/C6H10O8/c1-7-2-10-5(9-1)13-14-6-11-3-8-4-12-6/h5-6H,1-4H2. The summed E-state index contributed by atoms with van der Waals surface area (Å²) in [7, 11) is 0. The van der Waals surface area contributed by atoms with Crippen molar-refractivity contribution in [3.8, 4) is 0 Å². The second kappa shape index (κ2) is 5.53. The number of hydrogen-bond donors (Lipinski definition) is 0. The summed E-state index contributed by atoms with van der Waals surface area (Å²) in [5.74, 6) is 0. The van der Waals surface area contributed by atoms with Crippen LogP contribution in [-0.4, -0.2) is 40.1 Å². The van der Waals surface area contributed by atoms with Gasteiger partial charge in [0, 0.05) is 0 Å². The summed E-state index contributed by atoms with van der Waals surface area (Å²) in [6.45, 7) is -1.52. The van der Waals surface area contributed by atoms with Gasteiger partial charge < -0.3 is 28.4 Å². The first-order chi connectivity index (χ1) is 6.95. The average molecular weight is 210 g/mol. The highest BCUT2D eigenvalue weighted by Gasteiger charge is 2.21. The van der Waals surface area contributed by atoms with Crippen LogP contribution in [0.4, 0.5) is 0 Å². The van der Waals surface area contributed by atoms with Gasteiger partial charge in [0.15, 0.2) is 27.2 Å². The van der Waals surface area contributed by atoms with Crippen LogP contribution in [0.2, 0.25) is 0 Å². The van der Waals surface area contributed by atoms with Crippen LogP contribution in [0.5, 0.6) is 0 Å². The third-order valence-electron chi connectivity index (χ3n) is 1.36. The summed E-state index contributed by atoms with van der Waals surface area (Å²) in [4.78, 5) is 9.38. The van der Waals surface area contributed by atoms with E-state index in [1.807, 2.05) is 0 Å². The first-order valence-corrected chi connectivity index (χ1v) is 3.89. The molecule has 0 aliphatic carbocycles. The van der Waals surface area contributed by atoms with Gasteiger partial charge in [-0.1, -0.05) is 0 Å². The maximum Gasteiger partial charge on any atom is 0.305 e. The fraction of sp³-hybridized carbons (Fsp3) is 1.00. The van der Waals surface area contributed by atoms with E-state index >= 15 is 0 Å². The molecule has 0 N–H and O–H groups in total. The van der Waals surface area contributed by atoms with E-state index in [1.165, 1.54) is 0 Å². The van der Waals surface area contributed by atoms with E-state index in [1.54, 1.807) is 0 Å². The minimum Gasteiger partial charge on any atom is -0.329 e. The molecular weight excluding hydrogens is 200 g/mol. The van der Waals surface area contributed by atoms with Gasteiger partial charge in [0.1, 0.15) is 0 Å². The molecule has 0 bridgehead atoms. The van der Waals surface area contributed by atoms with E-state index in [9.17, 15) is 0 Å². The smallest absolute Gasteiger partial charge is 0.305 e. The number of ether oxygens (including phenoxy) is 6. The zero-order chi connectivity index (χ0) is 9.64. The SMILES string of the molecule is C1OCOC(OOC2OCOCO2)O1. The molecule has 8 heteroatoms. The Morgan fingerprint density at radius 2 is 1.00 bits per heavy atom. The third-order valence-corrected chi connectivity index (χ3v) is 1.36. The Bertz CT molecular complexity index is 134. The Labute approximate surface area is 79.4 Å². The molecule has 2 saturated heterocycles. The molecule has 0 aromatic carbocycles. The average Bonchev–Trinajstić information content (AvgIpc) is 2.29. The molecular formula is C6H10O8. The molecule has 0 spiro atoms. The van der Waals surface area contributed by atoms with E-state index in [2.05, 4.69) is 0 Å². The molecule has 2 rings (SSSR count). The molecule has 8 nitrogen and oxygen atoms in total. The molecule has 2 aliphatic heterocycles. The Kier molecular flexibility index (Phi) is 4.03. The second-order valence-corrected chi connectivity index (χ2v) is 2.32. The maximum atomic E-state index is 4.83. The van der Waals surface area contributed by atoms with E-state index in [4.69, 9.17) is 38.2 Å². The van der Waals surface area contributed by atoms with Crippen molar-refractivity contribution in [3.63, 3.8) is 0 Å². The molecule has 82 valence electrons. The highest BCUT2D eigenvalue weighted by molar-refractivity contribution is 4.24. The Morgan fingerprint density at radius 3 is 1.36 bits per heavy atom. The molecule has 0 aromatic heterocycles. The van der Waals surface area contributed by atoms with Crippen molar-refractivity contribution in [2.24, 2.45) is 0 Å². The van der Waals surface area contributed by atoms with E-state index in [0.717, 1.165) is 0 Å². The summed E-state index contributed by atoms with van der Waals surface area (Å²) in [5, 5.41) is 0. The van der Waals surface area contributed by atoms with Crippen LogP contribution >= 0.6 is 0 Å². The Hall–Kier alpha value is -0.320. The molecule has 2 heterocycles. The van der Waals surface area contributed by atoms with Crippen LogP contribution in [0, 0.1) is 0 Å². The topological polar surface area (TPSA) is 73.8 Å². The number of rotatable bonds is 3. The normalized spacial score (nSPS) is 26.6. The molecule has 0 saturated carbocycles. The quantitative estimate of drug-likeness (QED) is 0.454. The lowest BCUT2D eigenvalue weighted by molar-refractivity contribution is -0.554. The Morgan fingerprint density at radius 1 is 0.643 bits per heavy atom. The zero-order valence-corrected chi connectivity index (χ0v) is 7.25. The van der Waals surface area contributed by atoms with E-state index in [0.29, 0.717) is 0 Å². The van der Waals surface area contributed by atoms with Gasteiger partial charge in [0.05, 0.1) is 0 Å². The molecule has 0 aromatic rings. The van der Waals surface area contributed by atoms with Gasteiger partial charge in [-0.2, -0.15) is 9.78 Å². The van der Waals surface area contributed by atoms with Crippen LogP contribution in [0.3, 0.4) is 0 Å². The zero-order valence-electron chi connectivity index (χ0n) is 7.25. The molecule has 0 atom stereocenters. The van der Waals surface area contributed by atoms with Gasteiger partial charge in [-0.15, -0.1) is 0 Å². The summed E-state index contributed by atoms with van der Waals surface area (Å²) in [6.07, 6.45) is 0. The lowest BCUT2D eigenvalue weighted by atomic mass is 11.1. The first-order valence-electron chi connectivity index (χ1n) is 3.89. The molecule has 2 aliphatic rings. The van der Waals surface area contributed by atoms with Crippen molar-refractivity contribution < 1.29 is 38.2 Å². The first kappa shape index (κ1) is 10.2. The summed E-state index contributed by atoms with van der Waals surface area (Å²) in [6, 6.07) is 0. The van der Waals surface area contributed by atoms with Crippen LogP contribution in [-0.2, 0) is 38.2 Å². The van der Waals surface area contributed by atoms with Crippen LogP contribution < -0.4 is 0 Å². The largest absolute Gasteiger partial charge is 0.329 e. The van der Waals surface area contributed by atoms with Crippen molar-refractivity contribution in [2.45, 2.75) is 13.0 Å². The molecule has 0 unspecified atom stereocenters. The van der Waals surface area contributed by atoms with Crippen molar-refractivity contribution >= 4 is 0 Å². The minimum absolute atomic E-state index is 0.0868. The highest BCUT2D eigenvalue weighted by Crippen LogP contribution is 2.09. The van der Waals surface area contributed by atoms with Crippen molar-refractivity contribution in [1.82, 2.24) is 0 Å². The highest BCUT2D eigenvalue weighted by atomic mass is 17.3. The predicted octanol–water partition coefficient (Wildman–Crippen LogP) is -0.541. The molecule has 2 fully saturated rings. The fourth-order valence-corrected chi connectivity index (χ4v) is 0.781. The van der Waals surface area contributed by atoms with Crippen LogP contribution in [0.25, 0.3) is 0 Å². The van der Waals surface area contributed by atoms with Gasteiger partial charge in [-0.25, -0.2) is 0 Å². The maximum absolute atomic E-state index is 4.83.